The number of hydrogen-bond donors (Lipinski definition) is 3. The van der Waals surface area contributed by atoms with E-state index in [-0.39, 0.29) is 41.8 Å². The van der Waals surface area contributed by atoms with Crippen LogP contribution in [0.25, 0.3) is 0 Å². The van der Waals surface area contributed by atoms with Crippen molar-refractivity contribution in [1.29, 1.82) is 0 Å². The first-order valence-corrected chi connectivity index (χ1v) is 13.8. The molecule has 0 aromatic carbocycles. The van der Waals surface area contributed by atoms with Gasteiger partial charge in [-0.3, -0.25) is 9.59 Å². The second-order valence-electron chi connectivity index (χ2n) is 12.5. The van der Waals surface area contributed by atoms with Crippen LogP contribution in [0.2, 0.25) is 0 Å². The smallest absolute Gasteiger partial charge is 0.410 e. The summed E-state index contributed by atoms with van der Waals surface area (Å²) in [5.74, 6) is -0.775. The van der Waals surface area contributed by atoms with E-state index in [0.717, 1.165) is 25.7 Å². The highest BCUT2D eigenvalue weighted by Gasteiger charge is 2.48. The van der Waals surface area contributed by atoms with E-state index in [1.54, 1.807) is 4.90 Å². The highest BCUT2D eigenvalue weighted by atomic mass is 16.6. The summed E-state index contributed by atoms with van der Waals surface area (Å²) < 4.78 is 11.1. The molecule has 3 N–H and O–H groups in total. The van der Waals surface area contributed by atoms with Crippen LogP contribution in [0.15, 0.2) is 0 Å². The van der Waals surface area contributed by atoms with Crippen molar-refractivity contribution in [3.05, 3.63) is 0 Å². The van der Waals surface area contributed by atoms with Crippen LogP contribution < -0.4 is 16.0 Å². The highest BCUT2D eigenvalue weighted by Crippen LogP contribution is 2.50. The summed E-state index contributed by atoms with van der Waals surface area (Å²) in [6, 6.07) is -1.66. The number of amides is 4. The summed E-state index contributed by atoms with van der Waals surface area (Å²) in [6.45, 7) is 11.2. The molecular formula is C27H44N4O7. The average Bonchev–Trinajstić information content (AvgIpc) is 3.20. The summed E-state index contributed by atoms with van der Waals surface area (Å²) in [7, 11) is 0. The molecule has 3 atom stereocenters. The maximum atomic E-state index is 12.9. The van der Waals surface area contributed by atoms with Gasteiger partial charge < -0.3 is 35.1 Å². The Kier molecular flexibility index (Phi) is 9.64. The van der Waals surface area contributed by atoms with E-state index in [1.807, 2.05) is 34.6 Å². The Hall–Kier alpha value is -2.85. The van der Waals surface area contributed by atoms with Crippen LogP contribution in [0.4, 0.5) is 9.59 Å². The van der Waals surface area contributed by atoms with Crippen LogP contribution in [-0.4, -0.2) is 78.6 Å². The van der Waals surface area contributed by atoms with Gasteiger partial charge in [0.2, 0.25) is 11.8 Å². The summed E-state index contributed by atoms with van der Waals surface area (Å²) in [5, 5.41) is 8.09. The molecule has 2 heterocycles. The molecule has 0 aromatic rings. The van der Waals surface area contributed by atoms with E-state index in [9.17, 15) is 24.0 Å². The molecule has 0 unspecified atom stereocenters. The van der Waals surface area contributed by atoms with Crippen LogP contribution in [0.1, 0.15) is 79.6 Å². The van der Waals surface area contributed by atoms with Gasteiger partial charge in [0, 0.05) is 25.6 Å². The minimum absolute atomic E-state index is 0.0574. The van der Waals surface area contributed by atoms with E-state index in [4.69, 9.17) is 9.47 Å². The lowest BCUT2D eigenvalue weighted by Gasteiger charge is -2.51. The van der Waals surface area contributed by atoms with Gasteiger partial charge in [-0.1, -0.05) is 13.8 Å². The molecule has 38 heavy (non-hydrogen) atoms. The number of likely N-dealkylation sites (tertiary alicyclic amines) is 1. The molecule has 1 saturated carbocycles. The summed E-state index contributed by atoms with van der Waals surface area (Å²) >= 11 is 0. The quantitative estimate of drug-likeness (QED) is 0.384. The van der Waals surface area contributed by atoms with Gasteiger partial charge in [-0.2, -0.15) is 0 Å². The number of carbonyl (C=O) groups excluding carboxylic acids is 5. The molecule has 0 bridgehead atoms. The molecule has 11 nitrogen and oxygen atoms in total. The van der Waals surface area contributed by atoms with E-state index in [0.29, 0.717) is 38.8 Å². The molecule has 0 aromatic heterocycles. The number of alkyl carbamates (subject to hydrolysis) is 1. The van der Waals surface area contributed by atoms with Crippen LogP contribution in [0.3, 0.4) is 0 Å². The topological polar surface area (TPSA) is 143 Å². The molecule has 214 valence electrons. The highest BCUT2D eigenvalue weighted by molar-refractivity contribution is 5.88. The summed E-state index contributed by atoms with van der Waals surface area (Å²) in [4.78, 5) is 63.1. The third kappa shape index (κ3) is 8.33. The molecule has 3 aliphatic rings. The lowest BCUT2D eigenvalue weighted by atomic mass is 9.61. The van der Waals surface area contributed by atoms with E-state index in [2.05, 4.69) is 16.0 Å². The SMILES string of the molecule is CC(C)C[C@H](NC(=O)OC1CC2(CCN(C(=O)OC(C)(C)C)CC2)C1)C(=O)N[C@H](C=O)C[C@H]1CCNC1=O. The molecule has 3 fully saturated rings. The van der Waals surface area contributed by atoms with Crippen molar-refractivity contribution >= 4 is 30.3 Å². The molecule has 1 spiro atoms. The van der Waals surface area contributed by atoms with Gasteiger partial charge in [-0.15, -0.1) is 0 Å². The monoisotopic (exact) mass is 536 g/mol. The van der Waals surface area contributed by atoms with Gasteiger partial charge in [0.1, 0.15) is 24.0 Å². The zero-order valence-corrected chi connectivity index (χ0v) is 23.3. The molecular weight excluding hydrogens is 492 g/mol. The van der Waals surface area contributed by atoms with Gasteiger partial charge in [0.05, 0.1) is 6.04 Å². The van der Waals surface area contributed by atoms with E-state index in [1.165, 1.54) is 0 Å². The average molecular weight is 537 g/mol. The van der Waals surface area contributed by atoms with Crippen molar-refractivity contribution in [2.45, 2.75) is 103 Å². The third-order valence-electron chi connectivity index (χ3n) is 7.58. The normalized spacial score (nSPS) is 22.7. The molecule has 11 heteroatoms. The van der Waals surface area contributed by atoms with Crippen molar-refractivity contribution in [1.82, 2.24) is 20.9 Å². The predicted molar refractivity (Wildman–Crippen MR) is 139 cm³/mol. The number of ether oxygens (including phenoxy) is 2. The second kappa shape index (κ2) is 12.3. The Morgan fingerprint density at radius 3 is 2.34 bits per heavy atom. The predicted octanol–water partition coefficient (Wildman–Crippen LogP) is 2.52. The summed E-state index contributed by atoms with van der Waals surface area (Å²) in [6.07, 6.45) is 3.79. The van der Waals surface area contributed by atoms with Gasteiger partial charge in [0.15, 0.2) is 0 Å². The summed E-state index contributed by atoms with van der Waals surface area (Å²) in [5.41, 5.74) is -0.470. The van der Waals surface area contributed by atoms with Crippen LogP contribution in [0, 0.1) is 17.3 Å². The van der Waals surface area contributed by atoms with Crippen molar-refractivity contribution < 1.29 is 33.4 Å². The van der Waals surface area contributed by atoms with Gasteiger partial charge in [0.25, 0.3) is 0 Å². The standard InChI is InChI=1S/C27H44N4O7/c1-17(2)12-21(23(34)29-19(16-32)13-18-6-9-28-22(18)33)30-24(35)37-20-14-27(15-20)7-10-31(11-8-27)25(36)38-26(3,4)5/h16-21H,6-15H2,1-5H3,(H,28,33)(H,29,34)(H,30,35)/t18-,19+,21+/m1/s1. The lowest BCUT2D eigenvalue weighted by Crippen LogP contribution is -2.54. The Labute approximate surface area is 225 Å². The van der Waals surface area contributed by atoms with Gasteiger partial charge >= 0.3 is 12.2 Å². The van der Waals surface area contributed by atoms with E-state index >= 15 is 0 Å². The van der Waals surface area contributed by atoms with Crippen LogP contribution in [0.5, 0.6) is 0 Å². The molecule has 0 radical (unpaired) electrons. The zero-order chi connectivity index (χ0) is 28.1. The maximum Gasteiger partial charge on any atom is 0.410 e. The number of carbonyl (C=O) groups is 5. The first kappa shape index (κ1) is 29.7. The van der Waals surface area contributed by atoms with Crippen molar-refractivity contribution in [3.63, 3.8) is 0 Å². The maximum absolute atomic E-state index is 12.9. The molecule has 2 saturated heterocycles. The number of nitrogens with one attached hydrogen (secondary N) is 3. The van der Waals surface area contributed by atoms with Gasteiger partial charge in [-0.25, -0.2) is 9.59 Å². The van der Waals surface area contributed by atoms with Crippen LogP contribution in [-0.2, 0) is 23.9 Å². The second-order valence-corrected chi connectivity index (χ2v) is 12.5. The number of hydrogen-bond acceptors (Lipinski definition) is 7. The Balaban J connectivity index is 1.44. The Morgan fingerprint density at radius 2 is 1.82 bits per heavy atom. The largest absolute Gasteiger partial charge is 0.446 e. The van der Waals surface area contributed by atoms with E-state index < -0.39 is 29.7 Å². The Bertz CT molecular complexity index is 884. The van der Waals surface area contributed by atoms with Crippen molar-refractivity contribution in [3.8, 4) is 0 Å². The molecule has 1 aliphatic carbocycles. The first-order valence-electron chi connectivity index (χ1n) is 13.8. The zero-order valence-electron chi connectivity index (χ0n) is 23.3. The third-order valence-corrected chi connectivity index (χ3v) is 7.58. The molecule has 4 amide bonds. The molecule has 3 rings (SSSR count). The molecule has 2 aliphatic heterocycles. The van der Waals surface area contributed by atoms with Crippen molar-refractivity contribution in [2.24, 2.45) is 17.3 Å². The first-order chi connectivity index (χ1) is 17.8. The number of rotatable bonds is 9. The van der Waals surface area contributed by atoms with Crippen molar-refractivity contribution in [2.75, 3.05) is 19.6 Å². The van der Waals surface area contributed by atoms with Crippen LogP contribution >= 0.6 is 0 Å². The van der Waals surface area contributed by atoms with Gasteiger partial charge in [-0.05, 0) is 77.0 Å². The fourth-order valence-electron chi connectivity index (χ4n) is 5.53. The minimum Gasteiger partial charge on any atom is -0.446 e. The number of nitrogens with zero attached hydrogens (tertiary/aromatic N) is 1. The fraction of sp³-hybridized carbons (Fsp3) is 0.815. The fourth-order valence-corrected chi connectivity index (χ4v) is 5.53. The number of aldehydes is 1. The minimum atomic E-state index is -0.853. The Morgan fingerprint density at radius 1 is 1.16 bits per heavy atom. The lowest BCUT2D eigenvalue weighted by molar-refractivity contribution is -0.127. The number of piperidine rings is 1.